The van der Waals surface area contributed by atoms with E-state index in [0.29, 0.717) is 31.5 Å². The van der Waals surface area contributed by atoms with Gasteiger partial charge in [-0.2, -0.15) is 0 Å². The number of aromatic nitrogens is 1. The Bertz CT molecular complexity index is 788. The second-order valence-electron chi connectivity index (χ2n) is 6.19. The molecule has 0 aliphatic carbocycles. The van der Waals surface area contributed by atoms with Crippen molar-refractivity contribution >= 4 is 27.7 Å². The molecule has 1 fully saturated rings. The van der Waals surface area contributed by atoms with E-state index in [2.05, 4.69) is 36.5 Å². The fraction of sp³-hybridized carbons (Fsp3) is 0.368. The number of guanidine groups is 1. The lowest BCUT2D eigenvalue weighted by Gasteiger charge is -2.20. The standard InChI is InChI=1S/C19H23BrFN5O/c1-22-19(24-9-11-27-16-5-2-4-14(20)12-16)25-15-7-10-26(13-15)18-17(21)6-3-8-23-18/h2-6,8,12,15H,7,9-11,13H2,1H3,(H2,22,24,25). The van der Waals surface area contributed by atoms with Gasteiger partial charge in [-0.1, -0.05) is 22.0 Å². The van der Waals surface area contributed by atoms with Gasteiger partial charge in [0.1, 0.15) is 12.4 Å². The normalized spacial score (nSPS) is 17.1. The summed E-state index contributed by atoms with van der Waals surface area (Å²) in [4.78, 5) is 10.4. The Morgan fingerprint density at radius 2 is 2.30 bits per heavy atom. The first kappa shape index (κ1) is 19.4. The van der Waals surface area contributed by atoms with E-state index in [1.165, 1.54) is 6.07 Å². The Morgan fingerprint density at radius 1 is 1.41 bits per heavy atom. The maximum absolute atomic E-state index is 13.9. The third-order valence-electron chi connectivity index (χ3n) is 4.25. The first-order valence-corrected chi connectivity index (χ1v) is 9.66. The number of rotatable bonds is 6. The van der Waals surface area contributed by atoms with Crippen molar-refractivity contribution in [3.05, 3.63) is 52.9 Å². The van der Waals surface area contributed by atoms with Crippen molar-refractivity contribution in [2.45, 2.75) is 12.5 Å². The van der Waals surface area contributed by atoms with Crippen LogP contribution in [0.5, 0.6) is 5.75 Å². The number of anilines is 1. The Balaban J connectivity index is 1.42. The Morgan fingerprint density at radius 3 is 3.07 bits per heavy atom. The number of pyridine rings is 1. The van der Waals surface area contributed by atoms with Gasteiger partial charge in [0.2, 0.25) is 0 Å². The molecule has 3 rings (SSSR count). The summed E-state index contributed by atoms with van der Waals surface area (Å²) in [5.74, 6) is 1.65. The van der Waals surface area contributed by atoms with Gasteiger partial charge in [-0.05, 0) is 36.8 Å². The van der Waals surface area contributed by atoms with Crippen LogP contribution in [0.15, 0.2) is 52.1 Å². The van der Waals surface area contributed by atoms with Crippen molar-refractivity contribution in [3.8, 4) is 5.75 Å². The molecule has 1 aromatic heterocycles. The summed E-state index contributed by atoms with van der Waals surface area (Å²) in [7, 11) is 1.73. The fourth-order valence-electron chi connectivity index (χ4n) is 2.96. The van der Waals surface area contributed by atoms with Crippen molar-refractivity contribution in [3.63, 3.8) is 0 Å². The van der Waals surface area contributed by atoms with E-state index in [1.54, 1.807) is 19.3 Å². The molecule has 0 amide bonds. The Labute approximate surface area is 167 Å². The lowest BCUT2D eigenvalue weighted by molar-refractivity contribution is 0.321. The Kier molecular flexibility index (Phi) is 6.86. The molecule has 1 atom stereocenters. The average Bonchev–Trinajstić information content (AvgIpc) is 3.13. The number of hydrogen-bond acceptors (Lipinski definition) is 4. The summed E-state index contributed by atoms with van der Waals surface area (Å²) < 4.78 is 20.6. The molecule has 1 aliphatic rings. The minimum atomic E-state index is -0.287. The minimum Gasteiger partial charge on any atom is -0.492 e. The molecule has 0 spiro atoms. The molecule has 0 bridgehead atoms. The molecule has 0 radical (unpaired) electrons. The van der Waals surface area contributed by atoms with E-state index < -0.39 is 0 Å². The van der Waals surface area contributed by atoms with Gasteiger partial charge in [-0.25, -0.2) is 9.37 Å². The van der Waals surface area contributed by atoms with Crippen LogP contribution in [-0.4, -0.2) is 50.3 Å². The number of halogens is 2. The van der Waals surface area contributed by atoms with E-state index in [9.17, 15) is 4.39 Å². The van der Waals surface area contributed by atoms with Gasteiger partial charge in [0.25, 0.3) is 0 Å². The van der Waals surface area contributed by atoms with Crippen LogP contribution in [-0.2, 0) is 0 Å². The second kappa shape index (κ2) is 9.55. The van der Waals surface area contributed by atoms with E-state index in [1.807, 2.05) is 29.2 Å². The van der Waals surface area contributed by atoms with Crippen LogP contribution in [0.4, 0.5) is 10.2 Å². The Hall–Kier alpha value is -2.35. The molecular weight excluding hydrogens is 413 g/mol. The first-order valence-electron chi connectivity index (χ1n) is 8.86. The highest BCUT2D eigenvalue weighted by Crippen LogP contribution is 2.20. The molecule has 1 saturated heterocycles. The summed E-state index contributed by atoms with van der Waals surface area (Å²) in [5.41, 5.74) is 0. The van der Waals surface area contributed by atoms with Crippen LogP contribution in [0.3, 0.4) is 0 Å². The summed E-state index contributed by atoms with van der Waals surface area (Å²) in [6.45, 7) is 2.59. The van der Waals surface area contributed by atoms with Gasteiger partial charge in [-0.15, -0.1) is 0 Å². The maximum Gasteiger partial charge on any atom is 0.191 e. The molecule has 2 aromatic rings. The zero-order valence-corrected chi connectivity index (χ0v) is 16.7. The lowest BCUT2D eigenvalue weighted by Crippen LogP contribution is -2.45. The van der Waals surface area contributed by atoms with E-state index in [-0.39, 0.29) is 11.9 Å². The smallest absolute Gasteiger partial charge is 0.191 e. The van der Waals surface area contributed by atoms with Crippen LogP contribution >= 0.6 is 15.9 Å². The highest BCUT2D eigenvalue weighted by molar-refractivity contribution is 9.10. The number of hydrogen-bond donors (Lipinski definition) is 2. The van der Waals surface area contributed by atoms with Gasteiger partial charge in [-0.3, -0.25) is 4.99 Å². The average molecular weight is 436 g/mol. The van der Waals surface area contributed by atoms with E-state index >= 15 is 0 Å². The van der Waals surface area contributed by atoms with Crippen molar-refractivity contribution in [1.29, 1.82) is 0 Å². The lowest BCUT2D eigenvalue weighted by atomic mass is 10.3. The largest absolute Gasteiger partial charge is 0.492 e. The molecule has 27 heavy (non-hydrogen) atoms. The third kappa shape index (κ3) is 5.56. The molecule has 1 unspecified atom stereocenters. The molecule has 0 saturated carbocycles. The number of ether oxygens (including phenoxy) is 1. The monoisotopic (exact) mass is 435 g/mol. The molecule has 144 valence electrons. The SMILES string of the molecule is CN=C(NCCOc1cccc(Br)c1)NC1CCN(c2ncccc2F)C1. The van der Waals surface area contributed by atoms with Crippen LogP contribution in [0.2, 0.25) is 0 Å². The number of aliphatic imine (C=N–C) groups is 1. The number of nitrogens with one attached hydrogen (secondary N) is 2. The van der Waals surface area contributed by atoms with Crippen molar-refractivity contribution in [2.24, 2.45) is 4.99 Å². The van der Waals surface area contributed by atoms with Crippen LogP contribution in [0, 0.1) is 5.82 Å². The third-order valence-corrected chi connectivity index (χ3v) is 4.74. The number of nitrogens with zero attached hydrogens (tertiary/aromatic N) is 3. The predicted molar refractivity (Wildman–Crippen MR) is 109 cm³/mol. The number of benzene rings is 1. The fourth-order valence-corrected chi connectivity index (χ4v) is 3.34. The summed E-state index contributed by atoms with van der Waals surface area (Å²) >= 11 is 3.42. The van der Waals surface area contributed by atoms with Crippen LogP contribution < -0.4 is 20.3 Å². The molecule has 2 N–H and O–H groups in total. The van der Waals surface area contributed by atoms with Crippen molar-refractivity contribution in [2.75, 3.05) is 38.2 Å². The van der Waals surface area contributed by atoms with Gasteiger partial charge in [0, 0.05) is 36.8 Å². The quantitative estimate of drug-likeness (QED) is 0.415. The molecule has 1 aromatic carbocycles. The topological polar surface area (TPSA) is 61.8 Å². The van der Waals surface area contributed by atoms with E-state index in [0.717, 1.165) is 23.2 Å². The van der Waals surface area contributed by atoms with Gasteiger partial charge < -0.3 is 20.3 Å². The van der Waals surface area contributed by atoms with Crippen molar-refractivity contribution in [1.82, 2.24) is 15.6 Å². The zero-order valence-electron chi connectivity index (χ0n) is 15.2. The molecule has 8 heteroatoms. The predicted octanol–water partition coefficient (Wildman–Crippen LogP) is 2.81. The molecule has 6 nitrogen and oxygen atoms in total. The maximum atomic E-state index is 13.9. The van der Waals surface area contributed by atoms with Gasteiger partial charge in [0.05, 0.1) is 6.54 Å². The van der Waals surface area contributed by atoms with Crippen molar-refractivity contribution < 1.29 is 9.13 Å². The molecular formula is C19H23BrFN5O. The molecule has 2 heterocycles. The first-order chi connectivity index (χ1) is 13.2. The highest BCUT2D eigenvalue weighted by atomic mass is 79.9. The zero-order chi connectivity index (χ0) is 19.1. The molecule has 1 aliphatic heterocycles. The summed E-state index contributed by atoms with van der Waals surface area (Å²) in [6.07, 6.45) is 2.51. The van der Waals surface area contributed by atoms with Gasteiger partial charge >= 0.3 is 0 Å². The van der Waals surface area contributed by atoms with Crippen LogP contribution in [0.1, 0.15) is 6.42 Å². The van der Waals surface area contributed by atoms with E-state index in [4.69, 9.17) is 4.74 Å². The van der Waals surface area contributed by atoms with Crippen LogP contribution in [0.25, 0.3) is 0 Å². The summed E-state index contributed by atoms with van der Waals surface area (Å²) in [6, 6.07) is 11.0. The highest BCUT2D eigenvalue weighted by Gasteiger charge is 2.25. The van der Waals surface area contributed by atoms with Gasteiger partial charge in [0.15, 0.2) is 17.6 Å². The summed E-state index contributed by atoms with van der Waals surface area (Å²) in [5, 5.41) is 6.62. The second-order valence-corrected chi connectivity index (χ2v) is 7.11. The minimum absolute atomic E-state index is 0.184.